The second-order valence-electron chi connectivity index (χ2n) is 18.2. The minimum Gasteiger partial charge on any atom is -0.374 e. The zero-order valence-electron chi connectivity index (χ0n) is 41.3. The largest absolute Gasteiger partial charge is 0.374 e. The Morgan fingerprint density at radius 1 is 0.329 bits per heavy atom. The Morgan fingerprint density at radius 3 is 0.973 bits per heavy atom. The number of methoxy groups -OCH3 is 1. The first-order valence-electron chi connectivity index (χ1n) is 25.2. The molecular formula is C62H66O10S. The van der Waals surface area contributed by atoms with E-state index in [0.717, 1.165) is 38.9 Å². The Hall–Kier alpha value is -5.51. The molecular weight excluding hydrogens is 937 g/mol. The Balaban J connectivity index is 1.09. The van der Waals surface area contributed by atoms with E-state index in [1.807, 2.05) is 127 Å². The van der Waals surface area contributed by atoms with Crippen molar-refractivity contribution in [1.29, 1.82) is 0 Å². The van der Waals surface area contributed by atoms with E-state index in [2.05, 4.69) is 84.9 Å². The van der Waals surface area contributed by atoms with Crippen LogP contribution in [0.25, 0.3) is 0 Å². The molecule has 73 heavy (non-hydrogen) atoms. The fourth-order valence-electron chi connectivity index (χ4n) is 9.15. The van der Waals surface area contributed by atoms with Crippen LogP contribution < -0.4 is 0 Å². The van der Waals surface area contributed by atoms with Crippen molar-refractivity contribution in [2.45, 2.75) is 106 Å². The van der Waals surface area contributed by atoms with Crippen molar-refractivity contribution < 1.29 is 47.4 Å². The quantitative estimate of drug-likeness (QED) is 0.0519. The summed E-state index contributed by atoms with van der Waals surface area (Å²) in [6, 6.07) is 71.1. The third-order valence-corrected chi connectivity index (χ3v) is 14.4. The first-order valence-corrected chi connectivity index (χ1v) is 26.1. The number of thioether (sulfide) groups is 1. The molecule has 11 heteroatoms. The molecule has 2 heterocycles. The third-order valence-electron chi connectivity index (χ3n) is 12.9. The molecule has 0 N–H and O–H groups in total. The second kappa shape index (κ2) is 28.2. The van der Waals surface area contributed by atoms with Gasteiger partial charge in [0.2, 0.25) is 0 Å². The van der Waals surface area contributed by atoms with Crippen LogP contribution in [-0.4, -0.2) is 80.0 Å². The molecule has 10 nitrogen and oxygen atoms in total. The van der Waals surface area contributed by atoms with Gasteiger partial charge in [-0.25, -0.2) is 0 Å². The Labute approximate surface area is 434 Å². The standard InChI is InChI=1S/C62H66O10S/c1-63-61-60(58(69-42-51-33-19-7-20-34-51)56(67-40-49-29-15-5-16-30-49)53(71-61)44-64-37-46-23-9-2-10-24-46)73-62-59(70-43-52-35-21-8-22-36-52)57(68-41-50-31-17-6-18-32-50)55(66-39-48-27-13-4-14-28-48)54(72-62)45-65-38-47-25-11-3-12-26-47/h2-36,53-62H,37-45H2,1H3/t53-,54-,55-,56-,57+,58+,59-,60-,61-,62+/m1/s1. The Bertz CT molecular complexity index is 2570. The third kappa shape index (κ3) is 15.5. The lowest BCUT2D eigenvalue weighted by Gasteiger charge is -2.50. The summed E-state index contributed by atoms with van der Waals surface area (Å²) in [6.45, 7) is 2.81. The van der Waals surface area contributed by atoms with Gasteiger partial charge in [-0.05, 0) is 38.9 Å². The van der Waals surface area contributed by atoms with Crippen LogP contribution in [0.15, 0.2) is 212 Å². The molecule has 2 aliphatic rings. The highest BCUT2D eigenvalue weighted by Crippen LogP contribution is 2.43. The van der Waals surface area contributed by atoms with Crippen molar-refractivity contribution in [3.05, 3.63) is 251 Å². The molecule has 0 saturated carbocycles. The predicted molar refractivity (Wildman–Crippen MR) is 283 cm³/mol. The lowest BCUT2D eigenvalue weighted by atomic mass is 9.98. The van der Waals surface area contributed by atoms with Crippen molar-refractivity contribution in [3.63, 3.8) is 0 Å². The summed E-state index contributed by atoms with van der Waals surface area (Å²) in [5, 5.41) is -0.518. The van der Waals surface area contributed by atoms with Crippen LogP contribution in [0.4, 0.5) is 0 Å². The van der Waals surface area contributed by atoms with Crippen molar-refractivity contribution in [3.8, 4) is 0 Å². The zero-order chi connectivity index (χ0) is 49.7. The normalized spacial score (nSPS) is 24.0. The summed E-state index contributed by atoms with van der Waals surface area (Å²) < 4.78 is 69.2. The topological polar surface area (TPSA) is 92.3 Å². The van der Waals surface area contributed by atoms with Crippen LogP contribution in [0.3, 0.4) is 0 Å². The van der Waals surface area contributed by atoms with Crippen molar-refractivity contribution in [1.82, 2.24) is 0 Å². The fourth-order valence-corrected chi connectivity index (χ4v) is 10.7. The second-order valence-corrected chi connectivity index (χ2v) is 19.5. The van der Waals surface area contributed by atoms with Crippen LogP contribution in [0.1, 0.15) is 38.9 Å². The van der Waals surface area contributed by atoms with E-state index in [1.54, 1.807) is 18.9 Å². The van der Waals surface area contributed by atoms with E-state index in [9.17, 15) is 0 Å². The van der Waals surface area contributed by atoms with Gasteiger partial charge >= 0.3 is 0 Å². The van der Waals surface area contributed by atoms with E-state index in [-0.39, 0.29) is 13.2 Å². The smallest absolute Gasteiger partial charge is 0.172 e. The van der Waals surface area contributed by atoms with Gasteiger partial charge in [-0.2, -0.15) is 0 Å². The summed E-state index contributed by atoms with van der Waals surface area (Å²) in [7, 11) is 1.67. The van der Waals surface area contributed by atoms with Crippen LogP contribution in [0.2, 0.25) is 0 Å². The molecule has 10 atom stereocenters. The predicted octanol–water partition coefficient (Wildman–Crippen LogP) is 11.5. The molecule has 0 spiro atoms. The minimum absolute atomic E-state index is 0.217. The molecule has 0 aromatic heterocycles. The summed E-state index contributed by atoms with van der Waals surface area (Å²) in [5.41, 5.74) is 6.53. The molecule has 7 aromatic carbocycles. The van der Waals surface area contributed by atoms with E-state index < -0.39 is 59.7 Å². The summed E-state index contributed by atoms with van der Waals surface area (Å²) >= 11 is 1.55. The lowest BCUT2D eigenvalue weighted by Crippen LogP contribution is -2.63. The van der Waals surface area contributed by atoms with Crippen LogP contribution in [0.5, 0.6) is 0 Å². The van der Waals surface area contributed by atoms with E-state index in [1.165, 1.54) is 0 Å². The van der Waals surface area contributed by atoms with Crippen LogP contribution in [-0.2, 0) is 93.6 Å². The molecule has 0 radical (unpaired) electrons. The summed E-state index contributed by atoms with van der Waals surface area (Å²) in [4.78, 5) is 0. The Kier molecular flexibility index (Phi) is 20.3. The number of hydrogen-bond donors (Lipinski definition) is 0. The summed E-state index contributed by atoms with van der Waals surface area (Å²) in [5.74, 6) is 0. The zero-order valence-corrected chi connectivity index (χ0v) is 42.2. The highest BCUT2D eigenvalue weighted by Gasteiger charge is 2.54. The fraction of sp³-hybridized carbons (Fsp3) is 0.323. The van der Waals surface area contributed by atoms with Gasteiger partial charge in [-0.3, -0.25) is 0 Å². The number of hydrogen-bond acceptors (Lipinski definition) is 11. The molecule has 9 rings (SSSR count). The number of rotatable bonds is 26. The minimum atomic E-state index is -0.783. The highest BCUT2D eigenvalue weighted by molar-refractivity contribution is 8.00. The van der Waals surface area contributed by atoms with Gasteiger partial charge in [0.05, 0.1) is 64.7 Å². The first kappa shape index (κ1) is 52.4. The highest BCUT2D eigenvalue weighted by atomic mass is 32.2. The van der Waals surface area contributed by atoms with Crippen LogP contribution >= 0.6 is 11.8 Å². The maximum Gasteiger partial charge on any atom is 0.172 e. The maximum atomic E-state index is 7.40. The molecule has 2 saturated heterocycles. The molecule has 0 unspecified atom stereocenters. The molecule has 0 bridgehead atoms. The maximum absolute atomic E-state index is 7.40. The van der Waals surface area contributed by atoms with E-state index in [4.69, 9.17) is 47.4 Å². The monoisotopic (exact) mass is 1000 g/mol. The van der Waals surface area contributed by atoms with Gasteiger partial charge < -0.3 is 47.4 Å². The van der Waals surface area contributed by atoms with Crippen LogP contribution in [0, 0.1) is 0 Å². The average Bonchev–Trinajstić information content (AvgIpc) is 3.45. The van der Waals surface area contributed by atoms with E-state index >= 15 is 0 Å². The molecule has 0 aliphatic carbocycles. The summed E-state index contributed by atoms with van der Waals surface area (Å²) in [6.07, 6.45) is -5.07. The van der Waals surface area contributed by atoms with Crippen molar-refractivity contribution >= 4 is 11.8 Å². The molecule has 0 amide bonds. The lowest BCUT2D eigenvalue weighted by molar-refractivity contribution is -0.270. The van der Waals surface area contributed by atoms with Gasteiger partial charge in [-0.15, -0.1) is 11.8 Å². The number of benzene rings is 7. The van der Waals surface area contributed by atoms with Gasteiger partial charge in [0, 0.05) is 7.11 Å². The Morgan fingerprint density at radius 2 is 0.616 bits per heavy atom. The van der Waals surface area contributed by atoms with Gasteiger partial charge in [0.15, 0.2) is 6.29 Å². The molecule has 2 fully saturated rings. The van der Waals surface area contributed by atoms with Gasteiger partial charge in [0.25, 0.3) is 0 Å². The molecule has 2 aliphatic heterocycles. The SMILES string of the molecule is CO[C@@H]1O[C@H](COCc2ccccc2)[C@@H](OCc2ccccc2)[C@H](OCc2ccccc2)[C@H]1S[C@@H]1O[C@H](COCc2ccccc2)[C@@H](OCc2ccccc2)[C@H](OCc2ccccc2)[C@H]1OCc1ccccc1. The number of ether oxygens (including phenoxy) is 10. The first-order chi connectivity index (χ1) is 36.2. The van der Waals surface area contributed by atoms with Gasteiger partial charge in [0.1, 0.15) is 48.2 Å². The van der Waals surface area contributed by atoms with E-state index in [0.29, 0.717) is 46.2 Å². The van der Waals surface area contributed by atoms with Crippen molar-refractivity contribution in [2.24, 2.45) is 0 Å². The molecule has 380 valence electrons. The van der Waals surface area contributed by atoms with Crippen molar-refractivity contribution in [2.75, 3.05) is 20.3 Å². The molecule has 7 aromatic rings. The van der Waals surface area contributed by atoms with Gasteiger partial charge in [-0.1, -0.05) is 212 Å². The average molecular weight is 1000 g/mol.